The number of hydrogen-bond donors (Lipinski definition) is 1. The maximum atomic E-state index is 13.4. The van der Waals surface area contributed by atoms with Gasteiger partial charge in [0.25, 0.3) is 11.7 Å². The second-order valence-electron chi connectivity index (χ2n) is 8.72. The van der Waals surface area contributed by atoms with E-state index in [0.717, 1.165) is 5.56 Å². The molecule has 1 N–H and O–H groups in total. The molecule has 8 nitrogen and oxygen atoms in total. The average Bonchev–Trinajstić information content (AvgIpc) is 3.17. The van der Waals surface area contributed by atoms with Crippen molar-refractivity contribution in [1.29, 1.82) is 0 Å². The number of ketones is 1. The Morgan fingerprint density at radius 3 is 2.21 bits per heavy atom. The fraction of sp³-hybridized carbons (Fsp3) is 0.207. The van der Waals surface area contributed by atoms with Crippen molar-refractivity contribution in [2.45, 2.75) is 19.5 Å². The third-order valence-electron chi connectivity index (χ3n) is 6.35. The maximum absolute atomic E-state index is 13.4. The lowest BCUT2D eigenvalue weighted by atomic mass is 9.94. The van der Waals surface area contributed by atoms with Crippen LogP contribution in [0, 0.1) is 6.92 Å². The van der Waals surface area contributed by atoms with E-state index in [1.54, 1.807) is 67.6 Å². The lowest BCUT2D eigenvalue weighted by molar-refractivity contribution is -0.140. The van der Waals surface area contributed by atoms with E-state index in [2.05, 4.69) is 0 Å². The lowest BCUT2D eigenvalue weighted by Gasteiger charge is -2.26. The molecule has 0 bridgehead atoms. The topological polar surface area (TPSA) is 102 Å². The molecule has 1 saturated heterocycles. The Kier molecular flexibility index (Phi) is 7.73. The van der Waals surface area contributed by atoms with Gasteiger partial charge in [-0.3, -0.25) is 9.59 Å². The first-order valence-corrected chi connectivity index (χ1v) is 12.0. The van der Waals surface area contributed by atoms with Gasteiger partial charge in [0.2, 0.25) is 0 Å². The van der Waals surface area contributed by atoms with Crippen molar-refractivity contribution in [2.24, 2.45) is 0 Å². The Bertz CT molecular complexity index is 1430. The number of benzene rings is 3. The molecule has 1 aliphatic rings. The number of aliphatic hydroxyl groups is 1. The van der Waals surface area contributed by atoms with Crippen LogP contribution in [-0.4, -0.2) is 49.0 Å². The van der Waals surface area contributed by atoms with Gasteiger partial charge in [0.1, 0.15) is 17.3 Å². The van der Waals surface area contributed by atoms with Crippen LogP contribution in [0.2, 0.25) is 5.02 Å². The van der Waals surface area contributed by atoms with E-state index >= 15 is 0 Å². The summed E-state index contributed by atoms with van der Waals surface area (Å²) in [4.78, 5) is 40.0. The van der Waals surface area contributed by atoms with E-state index in [1.807, 2.05) is 0 Å². The molecular weight excluding hydrogens is 510 g/mol. The van der Waals surface area contributed by atoms with E-state index in [0.29, 0.717) is 22.4 Å². The number of likely N-dealkylation sites (tertiary alicyclic amines) is 1. The summed E-state index contributed by atoms with van der Waals surface area (Å²) in [6, 6.07) is 15.8. The van der Waals surface area contributed by atoms with Crippen LogP contribution in [0.1, 0.15) is 38.7 Å². The van der Waals surface area contributed by atoms with E-state index in [9.17, 15) is 19.5 Å². The predicted octanol–water partition coefficient (Wildman–Crippen LogP) is 5.07. The first-order valence-electron chi connectivity index (χ1n) is 11.6. The summed E-state index contributed by atoms with van der Waals surface area (Å²) in [7, 11) is 4.23. The summed E-state index contributed by atoms with van der Waals surface area (Å²) in [6.45, 7) is 1.84. The minimum Gasteiger partial charge on any atom is -0.507 e. The second kappa shape index (κ2) is 11.0. The fourth-order valence-corrected chi connectivity index (χ4v) is 4.85. The standard InChI is InChI=1S/C29H26ClNO7/c1-16-13-21(27(37-3)22(30)14-16)25(32)23-24(18-9-11-20(36-2)12-10-18)31(28(34)26(23)33)15-17-5-7-19(8-6-17)29(35)38-4/h5-14,24,32H,15H2,1-4H3/b25-23+. The number of methoxy groups -OCH3 is 3. The van der Waals surface area contributed by atoms with E-state index in [4.69, 9.17) is 25.8 Å². The number of hydrogen-bond acceptors (Lipinski definition) is 7. The van der Waals surface area contributed by atoms with Crippen LogP contribution in [0.15, 0.2) is 66.2 Å². The minimum atomic E-state index is -0.912. The molecule has 0 saturated carbocycles. The maximum Gasteiger partial charge on any atom is 0.337 e. The first-order chi connectivity index (χ1) is 18.2. The molecule has 1 amide bonds. The largest absolute Gasteiger partial charge is 0.507 e. The van der Waals surface area contributed by atoms with Crippen LogP contribution in [0.4, 0.5) is 0 Å². The normalized spacial score (nSPS) is 16.4. The third-order valence-corrected chi connectivity index (χ3v) is 6.63. The highest BCUT2D eigenvalue weighted by Crippen LogP contribution is 2.43. The van der Waals surface area contributed by atoms with Crippen molar-refractivity contribution in [3.63, 3.8) is 0 Å². The van der Waals surface area contributed by atoms with Crippen LogP contribution in [0.25, 0.3) is 5.76 Å². The Morgan fingerprint density at radius 1 is 0.974 bits per heavy atom. The van der Waals surface area contributed by atoms with Gasteiger partial charge in [0.05, 0.1) is 49.1 Å². The number of carbonyl (C=O) groups is 3. The molecular formula is C29H26ClNO7. The number of carbonyl (C=O) groups excluding carboxylic acids is 3. The molecule has 3 aromatic carbocycles. The molecule has 38 heavy (non-hydrogen) atoms. The quantitative estimate of drug-likeness (QED) is 0.195. The number of ether oxygens (including phenoxy) is 3. The molecule has 196 valence electrons. The van der Waals surface area contributed by atoms with Gasteiger partial charge < -0.3 is 24.2 Å². The fourth-order valence-electron chi connectivity index (χ4n) is 4.49. The highest BCUT2D eigenvalue weighted by molar-refractivity contribution is 6.46. The van der Waals surface area contributed by atoms with Gasteiger partial charge >= 0.3 is 5.97 Å². The van der Waals surface area contributed by atoms with E-state index in [1.165, 1.54) is 26.2 Å². The average molecular weight is 536 g/mol. The van der Waals surface area contributed by atoms with Gasteiger partial charge in [-0.15, -0.1) is 0 Å². The van der Waals surface area contributed by atoms with Crippen molar-refractivity contribution in [3.05, 3.63) is 99.1 Å². The molecule has 9 heteroatoms. The number of nitrogens with zero attached hydrogens (tertiary/aromatic N) is 1. The highest BCUT2D eigenvalue weighted by atomic mass is 35.5. The highest BCUT2D eigenvalue weighted by Gasteiger charge is 2.46. The van der Waals surface area contributed by atoms with Gasteiger partial charge in [-0.1, -0.05) is 35.9 Å². The molecule has 1 fully saturated rings. The van der Waals surface area contributed by atoms with Gasteiger partial charge in [-0.25, -0.2) is 4.79 Å². The van der Waals surface area contributed by atoms with E-state index in [-0.39, 0.29) is 28.5 Å². The number of esters is 1. The summed E-state index contributed by atoms with van der Waals surface area (Å²) in [5.74, 6) is -1.71. The van der Waals surface area contributed by atoms with Crippen molar-refractivity contribution >= 4 is 35.0 Å². The van der Waals surface area contributed by atoms with Crippen LogP contribution in [0.5, 0.6) is 11.5 Å². The smallest absolute Gasteiger partial charge is 0.337 e. The zero-order valence-electron chi connectivity index (χ0n) is 21.3. The number of amides is 1. The Balaban J connectivity index is 1.86. The number of rotatable bonds is 7. The molecule has 0 aliphatic carbocycles. The molecule has 4 rings (SSSR count). The van der Waals surface area contributed by atoms with Gasteiger partial charge in [-0.05, 0) is 60.0 Å². The molecule has 0 aromatic heterocycles. The van der Waals surface area contributed by atoms with Crippen LogP contribution < -0.4 is 9.47 Å². The predicted molar refractivity (Wildman–Crippen MR) is 141 cm³/mol. The van der Waals surface area contributed by atoms with Crippen LogP contribution >= 0.6 is 11.6 Å². The molecule has 1 unspecified atom stereocenters. The Hall–Kier alpha value is -4.30. The van der Waals surface area contributed by atoms with Crippen LogP contribution in [-0.2, 0) is 20.9 Å². The van der Waals surface area contributed by atoms with Gasteiger partial charge in [0, 0.05) is 6.54 Å². The number of aliphatic hydroxyl groups excluding tert-OH is 1. The SMILES string of the molecule is COC(=O)c1ccc(CN2C(=O)C(=O)/C(=C(/O)c3cc(C)cc(Cl)c3OC)C2c2ccc(OC)cc2)cc1. The van der Waals surface area contributed by atoms with Gasteiger partial charge in [0.15, 0.2) is 0 Å². The van der Waals surface area contributed by atoms with Crippen LogP contribution in [0.3, 0.4) is 0 Å². The molecule has 1 aliphatic heterocycles. The van der Waals surface area contributed by atoms with E-state index < -0.39 is 29.5 Å². The van der Waals surface area contributed by atoms with Crippen molar-refractivity contribution in [3.8, 4) is 11.5 Å². The first kappa shape index (κ1) is 26.8. The number of halogens is 1. The summed E-state index contributed by atoms with van der Waals surface area (Å²) >= 11 is 6.35. The Labute approximate surface area is 225 Å². The molecule has 1 heterocycles. The third kappa shape index (κ3) is 4.95. The second-order valence-corrected chi connectivity index (χ2v) is 9.12. The number of Topliss-reactive ketones (excluding diaryl/α,β-unsaturated/α-hetero) is 1. The van der Waals surface area contributed by atoms with Gasteiger partial charge in [-0.2, -0.15) is 0 Å². The number of aryl methyl sites for hydroxylation is 1. The summed E-state index contributed by atoms with van der Waals surface area (Å²) in [5, 5.41) is 11.7. The molecule has 1 atom stereocenters. The summed E-state index contributed by atoms with van der Waals surface area (Å²) < 4.78 is 15.4. The van der Waals surface area contributed by atoms with Crippen molar-refractivity contribution in [1.82, 2.24) is 4.90 Å². The molecule has 0 radical (unpaired) electrons. The summed E-state index contributed by atoms with van der Waals surface area (Å²) in [6.07, 6.45) is 0. The Morgan fingerprint density at radius 2 is 1.63 bits per heavy atom. The van der Waals surface area contributed by atoms with Crippen molar-refractivity contribution < 1.29 is 33.7 Å². The molecule has 3 aromatic rings. The zero-order chi connectivity index (χ0) is 27.6. The minimum absolute atomic E-state index is 0.0468. The monoisotopic (exact) mass is 535 g/mol. The zero-order valence-corrected chi connectivity index (χ0v) is 22.0. The van der Waals surface area contributed by atoms with Crippen molar-refractivity contribution in [2.75, 3.05) is 21.3 Å². The molecule has 0 spiro atoms. The lowest BCUT2D eigenvalue weighted by Crippen LogP contribution is -2.29. The summed E-state index contributed by atoms with van der Waals surface area (Å²) in [5.41, 5.74) is 2.47.